The van der Waals surface area contributed by atoms with Gasteiger partial charge in [0, 0.05) is 10.8 Å². The van der Waals surface area contributed by atoms with Crippen LogP contribution in [-0.2, 0) is 9.31 Å². The highest BCUT2D eigenvalue weighted by Gasteiger charge is 2.52. The average Bonchev–Trinajstić information content (AvgIpc) is 2.85. The third kappa shape index (κ3) is 2.04. The largest absolute Gasteiger partial charge is 0.497 e. The number of benzene rings is 1. The quantitative estimate of drug-likeness (QED) is 0.481. The van der Waals surface area contributed by atoms with E-state index in [-0.39, 0.29) is 0 Å². The Morgan fingerprint density at radius 2 is 1.71 bits per heavy atom. The van der Waals surface area contributed by atoms with Gasteiger partial charge in [0.25, 0.3) is 0 Å². The smallest absolute Gasteiger partial charge is 0.399 e. The number of hydrogen-bond donors (Lipinski definition) is 0. The first-order valence-electron chi connectivity index (χ1n) is 6.83. The Kier molecular flexibility index (Phi) is 2.90. The fourth-order valence-corrected chi connectivity index (χ4v) is 2.48. The molecular weight excluding hydrogens is 271 g/mol. The first kappa shape index (κ1) is 14.1. The number of rotatable bonds is 2. The van der Waals surface area contributed by atoms with Gasteiger partial charge in [0.2, 0.25) is 0 Å². The van der Waals surface area contributed by atoms with Crippen molar-refractivity contribution in [2.75, 3.05) is 0 Å². The molecular formula is C14H17BN2O4. The number of fused-ring (bicyclic) bond motifs is 1. The van der Waals surface area contributed by atoms with Crippen molar-refractivity contribution in [2.24, 2.45) is 0 Å². The summed E-state index contributed by atoms with van der Waals surface area (Å²) in [5.41, 5.74) is 0.262. The van der Waals surface area contributed by atoms with Gasteiger partial charge in [-0.15, -0.1) is 0 Å². The molecule has 2 heterocycles. The SMILES string of the molecule is CC1(C)OB(c2cn([N+](=O)[O-])c3ccccc23)OC1(C)C. The summed E-state index contributed by atoms with van der Waals surface area (Å²) in [5.74, 6) is 0. The van der Waals surface area contributed by atoms with Crippen LogP contribution in [0.5, 0.6) is 0 Å². The third-order valence-electron chi connectivity index (χ3n) is 4.41. The lowest BCUT2D eigenvalue weighted by molar-refractivity contribution is -0.537. The van der Waals surface area contributed by atoms with Crippen molar-refractivity contribution in [3.8, 4) is 0 Å². The molecule has 0 radical (unpaired) electrons. The van der Waals surface area contributed by atoms with E-state index in [0.717, 1.165) is 10.1 Å². The van der Waals surface area contributed by atoms with Crippen LogP contribution < -0.4 is 5.46 Å². The molecule has 0 N–H and O–H groups in total. The second kappa shape index (κ2) is 4.32. The van der Waals surface area contributed by atoms with Gasteiger partial charge in [-0.25, -0.2) is 10.1 Å². The van der Waals surface area contributed by atoms with E-state index in [0.29, 0.717) is 11.0 Å². The van der Waals surface area contributed by atoms with Gasteiger partial charge in [-0.3, -0.25) is 0 Å². The molecule has 21 heavy (non-hydrogen) atoms. The zero-order valence-corrected chi connectivity index (χ0v) is 12.5. The second-order valence-electron chi connectivity index (χ2n) is 6.27. The highest BCUT2D eigenvalue weighted by atomic mass is 16.7. The van der Waals surface area contributed by atoms with Gasteiger partial charge < -0.3 is 9.31 Å². The molecule has 1 saturated heterocycles. The van der Waals surface area contributed by atoms with Crippen molar-refractivity contribution in [1.29, 1.82) is 0 Å². The van der Waals surface area contributed by atoms with Crippen LogP contribution in [-0.4, -0.2) is 28.0 Å². The fourth-order valence-electron chi connectivity index (χ4n) is 2.48. The van der Waals surface area contributed by atoms with E-state index in [2.05, 4.69) is 0 Å². The highest BCUT2D eigenvalue weighted by Crippen LogP contribution is 2.37. The van der Waals surface area contributed by atoms with Crippen LogP contribution in [0.25, 0.3) is 10.9 Å². The van der Waals surface area contributed by atoms with Gasteiger partial charge in [0.15, 0.2) is 5.03 Å². The van der Waals surface area contributed by atoms with Crippen molar-refractivity contribution in [3.05, 3.63) is 40.6 Å². The molecule has 2 aromatic rings. The Morgan fingerprint density at radius 3 is 2.29 bits per heavy atom. The predicted molar refractivity (Wildman–Crippen MR) is 80.0 cm³/mol. The normalized spacial score (nSPS) is 20.1. The molecule has 7 heteroatoms. The van der Waals surface area contributed by atoms with Gasteiger partial charge in [0.1, 0.15) is 5.52 Å². The summed E-state index contributed by atoms with van der Waals surface area (Å²) in [6.45, 7) is 7.83. The van der Waals surface area contributed by atoms with Gasteiger partial charge in [-0.05, 0) is 33.8 Å². The number of nitro groups is 1. The van der Waals surface area contributed by atoms with E-state index in [1.54, 1.807) is 12.1 Å². The van der Waals surface area contributed by atoms with Gasteiger partial charge in [0.05, 0.1) is 17.4 Å². The van der Waals surface area contributed by atoms with Crippen molar-refractivity contribution in [3.63, 3.8) is 0 Å². The molecule has 110 valence electrons. The Bertz CT molecular complexity index is 707. The Morgan fingerprint density at radius 1 is 1.14 bits per heavy atom. The first-order chi connectivity index (χ1) is 9.73. The molecule has 1 aliphatic rings. The standard InChI is InChI=1S/C14H17BN2O4/c1-13(2)14(3,4)21-15(20-13)11-9-16(17(18)19)12-8-6-5-7-10(11)12/h5-9H,1-4H3. The molecule has 0 spiro atoms. The number of para-hydroxylation sites is 1. The van der Waals surface area contributed by atoms with E-state index in [1.807, 2.05) is 39.8 Å². The Labute approximate surface area is 122 Å². The minimum absolute atomic E-state index is 0.447. The first-order valence-corrected chi connectivity index (χ1v) is 6.83. The van der Waals surface area contributed by atoms with E-state index >= 15 is 0 Å². The molecule has 0 bridgehead atoms. The topological polar surface area (TPSA) is 66.5 Å². The van der Waals surface area contributed by atoms with Gasteiger partial charge in [-0.2, -0.15) is 0 Å². The maximum absolute atomic E-state index is 11.2. The Balaban J connectivity index is 2.13. The summed E-state index contributed by atoms with van der Waals surface area (Å²) in [5, 5.41) is 11.5. The minimum Gasteiger partial charge on any atom is -0.399 e. The van der Waals surface area contributed by atoms with Crippen LogP contribution in [0.3, 0.4) is 0 Å². The predicted octanol–water partition coefficient (Wildman–Crippen LogP) is 1.98. The van der Waals surface area contributed by atoms with Crippen molar-refractivity contribution >= 4 is 23.5 Å². The zero-order valence-electron chi connectivity index (χ0n) is 12.5. The molecule has 0 saturated carbocycles. The molecule has 1 aromatic heterocycles. The van der Waals surface area contributed by atoms with Crippen molar-refractivity contribution in [1.82, 2.24) is 4.68 Å². The molecule has 6 nitrogen and oxygen atoms in total. The van der Waals surface area contributed by atoms with Crippen molar-refractivity contribution < 1.29 is 14.3 Å². The summed E-state index contributed by atoms with van der Waals surface area (Å²) in [6, 6.07) is 7.18. The van der Waals surface area contributed by atoms with Crippen LogP contribution in [0.4, 0.5) is 0 Å². The lowest BCUT2D eigenvalue weighted by atomic mass is 9.79. The monoisotopic (exact) mass is 288 g/mol. The summed E-state index contributed by atoms with van der Waals surface area (Å²) in [4.78, 5) is 11.2. The summed E-state index contributed by atoms with van der Waals surface area (Å²) < 4.78 is 13.0. The minimum atomic E-state index is -0.610. The maximum atomic E-state index is 11.2. The lowest BCUT2D eigenvalue weighted by Crippen LogP contribution is -2.41. The second-order valence-corrected chi connectivity index (χ2v) is 6.27. The highest BCUT2D eigenvalue weighted by molar-refractivity contribution is 6.65. The molecule has 1 aliphatic heterocycles. The molecule has 1 aromatic carbocycles. The summed E-state index contributed by atoms with van der Waals surface area (Å²) in [7, 11) is -0.610. The van der Waals surface area contributed by atoms with Crippen LogP contribution in [0, 0.1) is 10.1 Å². The molecule has 3 rings (SSSR count). The number of hydrogen-bond acceptors (Lipinski definition) is 4. The average molecular weight is 288 g/mol. The van der Waals surface area contributed by atoms with Crippen LogP contribution in [0.15, 0.2) is 30.5 Å². The third-order valence-corrected chi connectivity index (χ3v) is 4.41. The molecule has 0 unspecified atom stereocenters. The molecule has 1 fully saturated rings. The van der Waals surface area contributed by atoms with Crippen LogP contribution >= 0.6 is 0 Å². The van der Waals surface area contributed by atoms with E-state index in [4.69, 9.17) is 9.31 Å². The number of nitrogens with zero attached hydrogens (tertiary/aromatic N) is 2. The number of aromatic nitrogens is 1. The zero-order chi connectivity index (χ0) is 15.4. The maximum Gasteiger partial charge on any atom is 0.497 e. The molecule has 0 aliphatic carbocycles. The van der Waals surface area contributed by atoms with E-state index in [1.165, 1.54) is 6.20 Å². The van der Waals surface area contributed by atoms with Gasteiger partial charge >= 0.3 is 7.12 Å². The van der Waals surface area contributed by atoms with E-state index in [9.17, 15) is 10.1 Å². The van der Waals surface area contributed by atoms with Crippen LogP contribution in [0.1, 0.15) is 27.7 Å². The van der Waals surface area contributed by atoms with Gasteiger partial charge in [-0.1, -0.05) is 22.9 Å². The summed E-state index contributed by atoms with van der Waals surface area (Å²) >= 11 is 0. The molecule has 0 amide bonds. The molecule has 0 atom stereocenters. The van der Waals surface area contributed by atoms with Crippen LogP contribution in [0.2, 0.25) is 0 Å². The fraction of sp³-hybridized carbons (Fsp3) is 0.429. The van der Waals surface area contributed by atoms with E-state index < -0.39 is 23.4 Å². The summed E-state index contributed by atoms with van der Waals surface area (Å²) in [6.07, 6.45) is 1.48. The Hall–Kier alpha value is -1.86. The lowest BCUT2D eigenvalue weighted by Gasteiger charge is -2.32. The van der Waals surface area contributed by atoms with Crippen molar-refractivity contribution in [2.45, 2.75) is 38.9 Å².